The third kappa shape index (κ3) is 7.50. The van der Waals surface area contributed by atoms with Crippen LogP contribution in [0.3, 0.4) is 0 Å². The Labute approximate surface area is 310 Å². The summed E-state index contributed by atoms with van der Waals surface area (Å²) in [5.74, 6) is -0.599. The minimum atomic E-state index is -0.300. The van der Waals surface area contributed by atoms with E-state index in [9.17, 15) is 9.59 Å². The summed E-state index contributed by atoms with van der Waals surface area (Å²) >= 11 is 3.19. The fourth-order valence-electron chi connectivity index (χ4n) is 5.72. The highest BCUT2D eigenvalue weighted by Crippen LogP contribution is 2.27. The molecule has 0 amide bonds. The molecule has 0 bridgehead atoms. The third-order valence-electron chi connectivity index (χ3n) is 7.84. The minimum absolute atomic E-state index is 0. The molecule has 0 saturated carbocycles. The molecule has 0 saturated heterocycles. The normalized spacial score (nSPS) is 10.9. The van der Waals surface area contributed by atoms with Gasteiger partial charge >= 0.3 is 21.9 Å². The van der Waals surface area contributed by atoms with Crippen molar-refractivity contribution in [1.82, 2.24) is 8.80 Å². The molecule has 6 rings (SSSR count). The van der Waals surface area contributed by atoms with E-state index in [1.165, 1.54) is 0 Å². The number of fused-ring (bicyclic) bond motifs is 2. The lowest BCUT2D eigenvalue weighted by molar-refractivity contribution is -0.631. The summed E-state index contributed by atoms with van der Waals surface area (Å²) < 4.78 is 19.4. The van der Waals surface area contributed by atoms with Gasteiger partial charge in [-0.3, -0.25) is 0 Å². The Morgan fingerprint density at radius 1 is 0.609 bits per heavy atom. The van der Waals surface area contributed by atoms with Crippen molar-refractivity contribution < 1.29 is 76.2 Å². The van der Waals surface area contributed by atoms with Crippen molar-refractivity contribution in [3.05, 3.63) is 95.2 Å². The van der Waals surface area contributed by atoms with E-state index < -0.39 is 0 Å². The largest absolute Gasteiger partial charge is 1.00 e. The van der Waals surface area contributed by atoms with Crippen LogP contribution in [-0.2, 0) is 23.6 Å². The van der Waals surface area contributed by atoms with Gasteiger partial charge in [-0.15, -0.1) is 0 Å². The fourth-order valence-corrected chi connectivity index (χ4v) is 7.36. The van der Waals surface area contributed by atoms with Crippen molar-refractivity contribution in [2.45, 2.75) is 38.5 Å². The lowest BCUT2D eigenvalue weighted by Crippen LogP contribution is -3.00. The highest BCUT2D eigenvalue weighted by Gasteiger charge is 2.33. The van der Waals surface area contributed by atoms with E-state index in [4.69, 9.17) is 9.47 Å². The first kappa shape index (κ1) is 36.0. The van der Waals surface area contributed by atoms with Crippen molar-refractivity contribution in [2.75, 3.05) is 13.2 Å². The second-order valence-corrected chi connectivity index (χ2v) is 12.5. The molecule has 0 N–H and O–H groups in total. The van der Waals surface area contributed by atoms with Crippen LogP contribution in [0.1, 0.15) is 59.5 Å². The number of aryl methyl sites for hydroxylation is 2. The maximum Gasteiger partial charge on any atom is 0.383 e. The molecule has 0 aliphatic carbocycles. The summed E-state index contributed by atoms with van der Waals surface area (Å²) in [6, 6.07) is 19.9. The second kappa shape index (κ2) is 16.8. The summed E-state index contributed by atoms with van der Waals surface area (Å²) in [5.41, 5.74) is 4.84. The first-order valence-electron chi connectivity index (χ1n) is 15.0. The lowest BCUT2D eigenvalue weighted by Gasteiger charge is -2.06. The van der Waals surface area contributed by atoms with Gasteiger partial charge in [0, 0.05) is 21.9 Å². The number of aromatic nitrogens is 4. The predicted molar refractivity (Wildman–Crippen MR) is 172 cm³/mol. The van der Waals surface area contributed by atoms with Gasteiger partial charge < -0.3 is 57.4 Å². The Morgan fingerprint density at radius 2 is 0.978 bits per heavy atom. The highest BCUT2D eigenvalue weighted by molar-refractivity contribution is 7.15. The topological polar surface area (TPSA) is 69.2 Å². The van der Waals surface area contributed by atoms with Crippen LogP contribution in [0.15, 0.2) is 83.8 Å². The molecule has 242 valence electrons. The first-order chi connectivity index (χ1) is 21.6. The SMILES string of the molecule is C[n+]1c(-c2ccccc2)c(C(=O)OCCCCCCCCOC(=O)c2c(-c3ccccc3)[n+](C)c3sccn23)n2ccsc21.[I-].[I-]. The molecule has 6 aromatic rings. The van der Waals surface area contributed by atoms with Gasteiger partial charge in [-0.2, -0.15) is 8.80 Å². The lowest BCUT2D eigenvalue weighted by atomic mass is 10.1. The number of nitrogens with zero attached hydrogens (tertiary/aromatic N) is 4. The number of benzene rings is 2. The van der Waals surface area contributed by atoms with E-state index in [-0.39, 0.29) is 59.9 Å². The van der Waals surface area contributed by atoms with Crippen LogP contribution in [0.25, 0.3) is 32.4 Å². The van der Waals surface area contributed by atoms with Crippen molar-refractivity contribution in [2.24, 2.45) is 14.1 Å². The number of hydrogen-bond acceptors (Lipinski definition) is 6. The van der Waals surface area contributed by atoms with Gasteiger partial charge in [0.05, 0.1) is 27.3 Å². The number of hydrogen-bond donors (Lipinski definition) is 0. The Bertz CT molecular complexity index is 1760. The molecular weight excluding hydrogens is 846 g/mol. The number of esters is 2. The number of halogens is 2. The first-order valence-corrected chi connectivity index (χ1v) is 16.7. The molecule has 4 aromatic heterocycles. The zero-order valence-electron chi connectivity index (χ0n) is 25.7. The number of carbonyl (C=O) groups excluding carboxylic acids is 2. The third-order valence-corrected chi connectivity index (χ3v) is 9.72. The van der Waals surface area contributed by atoms with Crippen molar-refractivity contribution in [1.29, 1.82) is 0 Å². The summed E-state index contributed by atoms with van der Waals surface area (Å²) in [6.07, 6.45) is 9.51. The molecule has 0 spiro atoms. The van der Waals surface area contributed by atoms with E-state index in [1.807, 2.05) is 107 Å². The van der Waals surface area contributed by atoms with E-state index in [2.05, 4.69) is 9.13 Å². The molecular formula is C34H36I2N4O4S2. The smallest absolute Gasteiger partial charge is 0.383 e. The van der Waals surface area contributed by atoms with Crippen LogP contribution < -0.4 is 57.1 Å². The zero-order chi connectivity index (χ0) is 30.5. The molecule has 0 unspecified atom stereocenters. The van der Waals surface area contributed by atoms with Gasteiger partial charge in [-0.1, -0.05) is 109 Å². The quantitative estimate of drug-likeness (QED) is 0.0742. The Hall–Kier alpha value is -2.82. The van der Waals surface area contributed by atoms with Gasteiger partial charge in [0.1, 0.15) is 12.4 Å². The average molecular weight is 883 g/mol. The van der Waals surface area contributed by atoms with Crippen LogP contribution >= 0.6 is 22.7 Å². The molecule has 0 atom stereocenters. The molecule has 12 heteroatoms. The Balaban J connectivity index is 0.00000240. The van der Waals surface area contributed by atoms with Gasteiger partial charge in [-0.05, 0) is 12.8 Å². The van der Waals surface area contributed by atoms with Crippen LogP contribution in [0.4, 0.5) is 0 Å². The zero-order valence-corrected chi connectivity index (χ0v) is 31.7. The minimum Gasteiger partial charge on any atom is -1.00 e. The Kier molecular flexibility index (Phi) is 13.2. The van der Waals surface area contributed by atoms with Gasteiger partial charge in [0.15, 0.2) is 11.4 Å². The molecule has 2 aromatic carbocycles. The fraction of sp³-hybridized carbons (Fsp3) is 0.294. The standard InChI is InChI=1S/C34H36N4O4S2.2HI/c1-35-27(25-15-9-7-10-16-25)29(37-19-23-43-33(35)37)31(39)41-21-13-5-3-4-6-14-22-42-32(40)30-28(26-17-11-8-12-18-26)36(2)34-38(30)20-24-44-34;;/h7-12,15-20,23-24H,3-6,13-14,21-22H2,1-2H3;2*1H/q+2;;/p-2. The summed E-state index contributed by atoms with van der Waals surface area (Å²) in [6.45, 7) is 0.780. The summed E-state index contributed by atoms with van der Waals surface area (Å²) in [4.78, 5) is 28.4. The number of unbranched alkanes of at least 4 members (excludes halogenated alkanes) is 5. The maximum atomic E-state index is 13.2. The van der Waals surface area contributed by atoms with Crippen LogP contribution in [0.5, 0.6) is 0 Å². The van der Waals surface area contributed by atoms with E-state index in [0.29, 0.717) is 24.6 Å². The van der Waals surface area contributed by atoms with Gasteiger partial charge in [0.2, 0.25) is 0 Å². The monoisotopic (exact) mass is 882 g/mol. The average Bonchev–Trinajstić information content (AvgIpc) is 3.82. The number of imidazole rings is 2. The predicted octanol–water partition coefficient (Wildman–Crippen LogP) is 0.660. The van der Waals surface area contributed by atoms with Crippen molar-refractivity contribution >= 4 is 44.5 Å². The van der Waals surface area contributed by atoms with Crippen molar-refractivity contribution in [3.8, 4) is 22.5 Å². The number of rotatable bonds is 13. The van der Waals surface area contributed by atoms with E-state index in [0.717, 1.165) is 71.0 Å². The van der Waals surface area contributed by atoms with Crippen molar-refractivity contribution in [3.63, 3.8) is 0 Å². The molecule has 0 aliphatic rings. The van der Waals surface area contributed by atoms with Gasteiger partial charge in [-0.25, -0.2) is 18.7 Å². The summed E-state index contributed by atoms with van der Waals surface area (Å²) in [5, 5.41) is 3.96. The van der Waals surface area contributed by atoms with Crippen LogP contribution in [0, 0.1) is 0 Å². The number of thiazole rings is 2. The molecule has 0 fully saturated rings. The summed E-state index contributed by atoms with van der Waals surface area (Å²) in [7, 11) is 3.97. The molecule has 46 heavy (non-hydrogen) atoms. The maximum absolute atomic E-state index is 13.2. The molecule has 0 radical (unpaired) electrons. The second-order valence-electron chi connectivity index (χ2n) is 10.7. The molecule has 8 nitrogen and oxygen atoms in total. The number of carbonyl (C=O) groups is 2. The number of ether oxygens (including phenoxy) is 2. The van der Waals surface area contributed by atoms with Crippen LogP contribution in [-0.4, -0.2) is 34.0 Å². The van der Waals surface area contributed by atoms with Gasteiger partial charge in [0.25, 0.3) is 11.4 Å². The highest BCUT2D eigenvalue weighted by atomic mass is 127. The van der Waals surface area contributed by atoms with E-state index >= 15 is 0 Å². The van der Waals surface area contributed by atoms with E-state index in [1.54, 1.807) is 22.7 Å². The molecule has 4 heterocycles. The Morgan fingerprint density at radius 3 is 1.37 bits per heavy atom. The molecule has 0 aliphatic heterocycles. The van der Waals surface area contributed by atoms with Crippen LogP contribution in [0.2, 0.25) is 0 Å².